The Morgan fingerprint density at radius 2 is 2.00 bits per heavy atom. The van der Waals surface area contributed by atoms with E-state index in [-0.39, 0.29) is 35.4 Å². The smallest absolute Gasteiger partial charge is 0.190 e. The second kappa shape index (κ2) is 5.63. The Kier molecular flexibility index (Phi) is 3.98. The second-order valence-corrected chi connectivity index (χ2v) is 9.63. The summed E-state index contributed by atoms with van der Waals surface area (Å²) >= 11 is 0. The third-order valence-corrected chi connectivity index (χ3v) is 8.85. The van der Waals surface area contributed by atoms with Gasteiger partial charge >= 0.3 is 0 Å². The highest BCUT2D eigenvalue weighted by Crippen LogP contribution is 2.67. The lowest BCUT2D eigenvalue weighted by Crippen LogP contribution is -2.61. The summed E-state index contributed by atoms with van der Waals surface area (Å²) in [6.07, 6.45) is 9.35. The molecule has 4 heteroatoms. The van der Waals surface area contributed by atoms with Gasteiger partial charge in [0.25, 0.3) is 0 Å². The number of rotatable bonds is 2. The minimum absolute atomic E-state index is 0.0811. The van der Waals surface area contributed by atoms with E-state index >= 15 is 0 Å². The summed E-state index contributed by atoms with van der Waals surface area (Å²) in [5.74, 6) is 0.935. The van der Waals surface area contributed by atoms with E-state index in [9.17, 15) is 19.8 Å². The lowest BCUT2D eigenvalue weighted by Gasteiger charge is -2.60. The average molecular weight is 347 g/mol. The van der Waals surface area contributed by atoms with Gasteiger partial charge < -0.3 is 10.2 Å². The largest absolute Gasteiger partial charge is 0.388 e. The Bertz CT molecular complexity index is 601. The van der Waals surface area contributed by atoms with Crippen molar-refractivity contribution >= 4 is 11.6 Å². The van der Waals surface area contributed by atoms with Crippen molar-refractivity contribution in [2.45, 2.75) is 70.8 Å². The maximum atomic E-state index is 13.3. The van der Waals surface area contributed by atoms with E-state index in [0.29, 0.717) is 12.3 Å². The zero-order chi connectivity index (χ0) is 18.0. The lowest BCUT2D eigenvalue weighted by molar-refractivity contribution is -0.176. The first-order chi connectivity index (χ1) is 11.8. The highest BCUT2D eigenvalue weighted by molar-refractivity contribution is 5.92. The Hall–Kier alpha value is -0.740. The van der Waals surface area contributed by atoms with Crippen molar-refractivity contribution in [3.05, 3.63) is 6.42 Å². The van der Waals surface area contributed by atoms with Gasteiger partial charge in [0.2, 0.25) is 0 Å². The summed E-state index contributed by atoms with van der Waals surface area (Å²) in [5, 5.41) is 20.5. The van der Waals surface area contributed by atoms with E-state index in [1.54, 1.807) is 0 Å². The molecule has 0 amide bonds. The number of carbonyl (C=O) groups excluding carboxylic acids is 2. The van der Waals surface area contributed by atoms with Crippen molar-refractivity contribution < 1.29 is 19.8 Å². The van der Waals surface area contributed by atoms with Crippen LogP contribution in [0, 0.1) is 40.9 Å². The molecule has 0 aromatic carbocycles. The first-order valence-electron chi connectivity index (χ1n) is 9.99. The number of hydrogen-bond donors (Lipinski definition) is 2. The van der Waals surface area contributed by atoms with Crippen LogP contribution in [0.2, 0.25) is 0 Å². The van der Waals surface area contributed by atoms with E-state index in [1.165, 1.54) is 0 Å². The zero-order valence-corrected chi connectivity index (χ0v) is 15.5. The predicted molar refractivity (Wildman–Crippen MR) is 93.5 cm³/mol. The molecular weight excluding hydrogens is 316 g/mol. The Labute approximate surface area is 150 Å². The van der Waals surface area contributed by atoms with Gasteiger partial charge in [-0.05, 0) is 74.5 Å². The number of hydrogen-bond acceptors (Lipinski definition) is 4. The normalized spacial score (nSPS) is 52.2. The van der Waals surface area contributed by atoms with Gasteiger partial charge in [-0.2, -0.15) is 0 Å². The first-order valence-corrected chi connectivity index (χ1v) is 9.99. The second-order valence-electron chi connectivity index (χ2n) is 9.63. The zero-order valence-electron chi connectivity index (χ0n) is 15.5. The minimum Gasteiger partial charge on any atom is -0.388 e. The van der Waals surface area contributed by atoms with Crippen LogP contribution in [0.25, 0.3) is 0 Å². The SMILES string of the molecule is C[C@]12CC[CH]C[C@@H]1CC[C@@H]1[C@@H]2C(=O)C[C@@]2(C)[C@H]1CC[C@]2(O)C(=O)CO. The van der Waals surface area contributed by atoms with Crippen molar-refractivity contribution in [1.82, 2.24) is 0 Å². The van der Waals surface area contributed by atoms with Crippen LogP contribution in [0.4, 0.5) is 0 Å². The molecule has 4 aliphatic rings. The van der Waals surface area contributed by atoms with Crippen LogP contribution in [0.5, 0.6) is 0 Å². The third-order valence-electron chi connectivity index (χ3n) is 8.85. The van der Waals surface area contributed by atoms with Crippen LogP contribution in [-0.2, 0) is 9.59 Å². The highest BCUT2D eigenvalue weighted by Gasteiger charge is 2.68. The van der Waals surface area contributed by atoms with Gasteiger partial charge in [0.15, 0.2) is 5.78 Å². The molecule has 4 rings (SSSR count). The molecule has 2 N–H and O–H groups in total. The third kappa shape index (κ3) is 2.13. The van der Waals surface area contributed by atoms with Crippen molar-refractivity contribution in [2.75, 3.05) is 6.61 Å². The summed E-state index contributed by atoms with van der Waals surface area (Å²) in [5.41, 5.74) is -2.17. The van der Waals surface area contributed by atoms with Crippen molar-refractivity contribution in [3.8, 4) is 0 Å². The number of aliphatic hydroxyl groups is 2. The molecule has 0 heterocycles. The first kappa shape index (κ1) is 17.7. The maximum Gasteiger partial charge on any atom is 0.190 e. The molecule has 4 aliphatic carbocycles. The van der Waals surface area contributed by atoms with Crippen LogP contribution in [0.1, 0.15) is 65.2 Å². The van der Waals surface area contributed by atoms with Gasteiger partial charge in [0, 0.05) is 17.8 Å². The monoisotopic (exact) mass is 347 g/mol. The highest BCUT2D eigenvalue weighted by atomic mass is 16.3. The number of aliphatic hydroxyl groups excluding tert-OH is 1. The lowest BCUT2D eigenvalue weighted by atomic mass is 9.44. The summed E-state index contributed by atoms with van der Waals surface area (Å²) in [7, 11) is 0. The van der Waals surface area contributed by atoms with Gasteiger partial charge in [0.05, 0.1) is 0 Å². The van der Waals surface area contributed by atoms with Crippen LogP contribution < -0.4 is 0 Å². The molecule has 4 saturated carbocycles. The van der Waals surface area contributed by atoms with Crippen molar-refractivity contribution in [1.29, 1.82) is 0 Å². The Morgan fingerprint density at radius 3 is 2.72 bits per heavy atom. The van der Waals surface area contributed by atoms with Crippen molar-refractivity contribution in [3.63, 3.8) is 0 Å². The standard InChI is InChI=1S/C21H31O4/c1-19-9-4-3-5-13(19)6-7-14-15-8-10-21(25,17(24)12-22)20(15,2)11-16(23)18(14)19/h3,13-15,18,22,25H,4-12H2,1-2H3/t13-,14+,15+,18-,19+,20+,21+/m1/s1. The van der Waals surface area contributed by atoms with E-state index in [1.807, 2.05) is 6.92 Å². The summed E-state index contributed by atoms with van der Waals surface area (Å²) in [6.45, 7) is 3.61. The molecule has 139 valence electrons. The summed E-state index contributed by atoms with van der Waals surface area (Å²) < 4.78 is 0. The Morgan fingerprint density at radius 1 is 1.24 bits per heavy atom. The van der Waals surface area contributed by atoms with E-state index < -0.39 is 23.4 Å². The van der Waals surface area contributed by atoms with E-state index in [0.717, 1.165) is 38.5 Å². The van der Waals surface area contributed by atoms with Crippen LogP contribution in [0.15, 0.2) is 0 Å². The van der Waals surface area contributed by atoms with E-state index in [2.05, 4.69) is 13.3 Å². The summed E-state index contributed by atoms with van der Waals surface area (Å²) in [4.78, 5) is 25.7. The van der Waals surface area contributed by atoms with Gasteiger partial charge in [-0.15, -0.1) is 0 Å². The molecule has 7 atom stereocenters. The number of fused-ring (bicyclic) bond motifs is 5. The molecule has 0 aromatic heterocycles. The van der Waals surface area contributed by atoms with Crippen molar-refractivity contribution in [2.24, 2.45) is 34.5 Å². The molecule has 0 unspecified atom stereocenters. The van der Waals surface area contributed by atoms with Crippen LogP contribution in [0.3, 0.4) is 0 Å². The molecule has 0 spiro atoms. The fraction of sp³-hybridized carbons (Fsp3) is 0.857. The molecule has 0 aromatic rings. The average Bonchev–Trinajstić information content (AvgIpc) is 2.85. The molecule has 4 fully saturated rings. The van der Waals surface area contributed by atoms with Gasteiger partial charge in [0.1, 0.15) is 18.0 Å². The van der Waals surface area contributed by atoms with Crippen LogP contribution in [-0.4, -0.2) is 34.0 Å². The van der Waals surface area contributed by atoms with Gasteiger partial charge in [-0.3, -0.25) is 9.59 Å². The van der Waals surface area contributed by atoms with E-state index in [4.69, 9.17) is 0 Å². The fourth-order valence-corrected chi connectivity index (χ4v) is 7.45. The molecule has 0 bridgehead atoms. The summed E-state index contributed by atoms with van der Waals surface area (Å²) in [6, 6.07) is 0. The number of Topliss-reactive ketones (excluding diaryl/α,β-unsaturated/α-hetero) is 2. The number of ketones is 2. The fourth-order valence-electron chi connectivity index (χ4n) is 7.45. The molecule has 25 heavy (non-hydrogen) atoms. The molecule has 4 nitrogen and oxygen atoms in total. The molecular formula is C21H31O4. The van der Waals surface area contributed by atoms with Crippen LogP contribution >= 0.6 is 0 Å². The molecule has 0 aliphatic heterocycles. The Balaban J connectivity index is 1.72. The molecule has 0 saturated heterocycles. The molecule has 1 radical (unpaired) electrons. The topological polar surface area (TPSA) is 74.6 Å². The van der Waals surface area contributed by atoms with Gasteiger partial charge in [-0.1, -0.05) is 13.8 Å². The number of carbonyl (C=O) groups is 2. The maximum absolute atomic E-state index is 13.3. The quantitative estimate of drug-likeness (QED) is 0.805. The predicted octanol–water partition coefficient (Wildman–Crippen LogP) is 2.70. The minimum atomic E-state index is -1.54. The van der Waals surface area contributed by atoms with Gasteiger partial charge in [-0.25, -0.2) is 0 Å².